The van der Waals surface area contributed by atoms with Crippen LogP contribution in [0.2, 0.25) is 0 Å². The fourth-order valence-electron chi connectivity index (χ4n) is 1.92. The maximum Gasteiger partial charge on any atom is 0.251 e. The first-order valence-corrected chi connectivity index (χ1v) is 7.20. The number of benzene rings is 1. The molecule has 1 rings (SSSR count). The molecule has 5 heteroatoms. The Morgan fingerprint density at radius 2 is 1.76 bits per heavy atom. The van der Waals surface area contributed by atoms with E-state index in [4.69, 9.17) is 5.73 Å². The highest BCUT2D eigenvalue weighted by Crippen LogP contribution is 2.09. The Morgan fingerprint density at radius 3 is 2.24 bits per heavy atom. The van der Waals surface area contributed by atoms with Gasteiger partial charge >= 0.3 is 0 Å². The summed E-state index contributed by atoms with van der Waals surface area (Å²) in [4.78, 5) is 25.4. The van der Waals surface area contributed by atoms with Crippen molar-refractivity contribution in [3.63, 3.8) is 0 Å². The van der Waals surface area contributed by atoms with E-state index in [0.29, 0.717) is 18.7 Å². The van der Waals surface area contributed by atoms with Crippen LogP contribution in [0, 0.1) is 5.92 Å². The van der Waals surface area contributed by atoms with Gasteiger partial charge in [-0.3, -0.25) is 9.59 Å². The van der Waals surface area contributed by atoms with E-state index in [-0.39, 0.29) is 23.8 Å². The lowest BCUT2D eigenvalue weighted by atomic mass is 10.1. The number of hydrogen-bond acceptors (Lipinski definition) is 3. The van der Waals surface area contributed by atoms with E-state index in [1.54, 1.807) is 24.1 Å². The second-order valence-corrected chi connectivity index (χ2v) is 5.66. The maximum atomic E-state index is 11.9. The predicted octanol–water partition coefficient (Wildman–Crippen LogP) is 1.38. The molecule has 0 unspecified atom stereocenters. The van der Waals surface area contributed by atoms with Crippen LogP contribution in [0.4, 0.5) is 0 Å². The zero-order chi connectivity index (χ0) is 16.0. The SMILES string of the molecule is CC(C)C(=O)N(C)Cc1ccc(C(=O)N[C@@H](C)CN)cc1. The standard InChI is InChI=1S/C16H25N3O2/c1-11(2)16(21)19(4)10-13-5-7-14(8-6-13)15(20)18-12(3)9-17/h5-8,11-12H,9-10,17H2,1-4H3,(H,18,20)/t12-/m0/s1. The Labute approximate surface area is 126 Å². The lowest BCUT2D eigenvalue weighted by molar-refractivity contribution is -0.133. The third-order valence-corrected chi connectivity index (χ3v) is 3.24. The van der Waals surface area contributed by atoms with Gasteiger partial charge in [0.2, 0.25) is 5.91 Å². The minimum Gasteiger partial charge on any atom is -0.348 e. The van der Waals surface area contributed by atoms with E-state index in [1.807, 2.05) is 32.9 Å². The van der Waals surface area contributed by atoms with Gasteiger partial charge in [-0.2, -0.15) is 0 Å². The van der Waals surface area contributed by atoms with Crippen molar-refractivity contribution in [3.8, 4) is 0 Å². The molecule has 116 valence electrons. The van der Waals surface area contributed by atoms with E-state index >= 15 is 0 Å². The number of nitrogens with two attached hydrogens (primary N) is 1. The molecule has 0 radical (unpaired) electrons. The van der Waals surface area contributed by atoms with Crippen LogP contribution in [0.3, 0.4) is 0 Å². The number of carbonyl (C=O) groups excluding carboxylic acids is 2. The largest absolute Gasteiger partial charge is 0.348 e. The number of amides is 2. The molecule has 0 aliphatic rings. The minimum atomic E-state index is -0.133. The normalized spacial score (nSPS) is 12.1. The molecule has 1 atom stereocenters. The molecule has 1 aromatic rings. The fraction of sp³-hybridized carbons (Fsp3) is 0.500. The fourth-order valence-corrected chi connectivity index (χ4v) is 1.92. The number of carbonyl (C=O) groups is 2. The highest BCUT2D eigenvalue weighted by molar-refractivity contribution is 5.94. The van der Waals surface area contributed by atoms with Gasteiger partial charge in [0.1, 0.15) is 0 Å². The van der Waals surface area contributed by atoms with Crippen LogP contribution in [-0.4, -0.2) is 36.3 Å². The van der Waals surface area contributed by atoms with E-state index in [2.05, 4.69) is 5.32 Å². The molecule has 0 aromatic heterocycles. The molecule has 0 aliphatic carbocycles. The first kappa shape index (κ1) is 17.2. The molecule has 0 bridgehead atoms. The van der Waals surface area contributed by atoms with Crippen molar-refractivity contribution in [2.24, 2.45) is 11.7 Å². The minimum absolute atomic E-state index is 0.0159. The van der Waals surface area contributed by atoms with Crippen LogP contribution >= 0.6 is 0 Å². The van der Waals surface area contributed by atoms with Crippen molar-refractivity contribution in [2.75, 3.05) is 13.6 Å². The van der Waals surface area contributed by atoms with Crippen LogP contribution in [0.1, 0.15) is 36.7 Å². The summed E-state index contributed by atoms with van der Waals surface area (Å²) in [5.41, 5.74) is 7.07. The Balaban J connectivity index is 2.66. The Bertz CT molecular complexity index is 483. The molecule has 5 nitrogen and oxygen atoms in total. The Morgan fingerprint density at radius 1 is 1.19 bits per heavy atom. The highest BCUT2D eigenvalue weighted by Gasteiger charge is 2.13. The highest BCUT2D eigenvalue weighted by atomic mass is 16.2. The van der Waals surface area contributed by atoms with Crippen LogP contribution in [-0.2, 0) is 11.3 Å². The van der Waals surface area contributed by atoms with Crippen LogP contribution in [0.5, 0.6) is 0 Å². The zero-order valence-electron chi connectivity index (χ0n) is 13.2. The second-order valence-electron chi connectivity index (χ2n) is 5.66. The monoisotopic (exact) mass is 291 g/mol. The average Bonchev–Trinajstić information content (AvgIpc) is 2.46. The molecule has 0 spiro atoms. The summed E-state index contributed by atoms with van der Waals surface area (Å²) in [6, 6.07) is 7.22. The topological polar surface area (TPSA) is 75.4 Å². The van der Waals surface area contributed by atoms with E-state index < -0.39 is 0 Å². The molecular weight excluding hydrogens is 266 g/mol. The summed E-state index contributed by atoms with van der Waals surface area (Å²) in [5.74, 6) is -0.0440. The van der Waals surface area contributed by atoms with E-state index in [0.717, 1.165) is 5.56 Å². The van der Waals surface area contributed by atoms with Gasteiger partial charge in [0, 0.05) is 37.7 Å². The lowest BCUT2D eigenvalue weighted by Crippen LogP contribution is -2.37. The van der Waals surface area contributed by atoms with Gasteiger partial charge in [0.25, 0.3) is 5.91 Å². The second kappa shape index (κ2) is 7.78. The third kappa shape index (κ3) is 5.19. The molecule has 0 saturated heterocycles. The molecule has 0 aliphatic heterocycles. The van der Waals surface area contributed by atoms with Crippen LogP contribution in [0.15, 0.2) is 24.3 Å². The molecule has 2 amide bonds. The van der Waals surface area contributed by atoms with Crippen molar-refractivity contribution >= 4 is 11.8 Å². The summed E-state index contributed by atoms with van der Waals surface area (Å²) in [5, 5.41) is 2.81. The van der Waals surface area contributed by atoms with Gasteiger partial charge < -0.3 is 16.0 Å². The summed E-state index contributed by atoms with van der Waals surface area (Å²) in [6.45, 7) is 6.57. The van der Waals surface area contributed by atoms with Gasteiger partial charge in [-0.15, -0.1) is 0 Å². The molecule has 1 aromatic carbocycles. The van der Waals surface area contributed by atoms with Crippen molar-refractivity contribution in [3.05, 3.63) is 35.4 Å². The Kier molecular flexibility index (Phi) is 6.37. The van der Waals surface area contributed by atoms with Gasteiger partial charge in [-0.1, -0.05) is 26.0 Å². The average molecular weight is 291 g/mol. The molecule has 21 heavy (non-hydrogen) atoms. The first-order valence-electron chi connectivity index (χ1n) is 7.20. The number of rotatable bonds is 6. The van der Waals surface area contributed by atoms with Crippen molar-refractivity contribution in [1.29, 1.82) is 0 Å². The third-order valence-electron chi connectivity index (χ3n) is 3.24. The maximum absolute atomic E-state index is 11.9. The smallest absolute Gasteiger partial charge is 0.251 e. The molecule has 3 N–H and O–H groups in total. The summed E-state index contributed by atoms with van der Waals surface area (Å²) < 4.78 is 0. The summed E-state index contributed by atoms with van der Waals surface area (Å²) >= 11 is 0. The van der Waals surface area contributed by atoms with Crippen LogP contribution in [0.25, 0.3) is 0 Å². The predicted molar refractivity (Wildman–Crippen MR) is 83.7 cm³/mol. The molecule has 0 heterocycles. The van der Waals surface area contributed by atoms with Gasteiger partial charge in [0.05, 0.1) is 0 Å². The van der Waals surface area contributed by atoms with Gasteiger partial charge in [-0.05, 0) is 24.6 Å². The van der Waals surface area contributed by atoms with Gasteiger partial charge in [0.15, 0.2) is 0 Å². The van der Waals surface area contributed by atoms with Crippen LogP contribution < -0.4 is 11.1 Å². The van der Waals surface area contributed by atoms with Crippen molar-refractivity contribution in [2.45, 2.75) is 33.4 Å². The lowest BCUT2D eigenvalue weighted by Gasteiger charge is -2.19. The molecule has 0 saturated carbocycles. The van der Waals surface area contributed by atoms with E-state index in [1.165, 1.54) is 0 Å². The number of hydrogen-bond donors (Lipinski definition) is 2. The Hall–Kier alpha value is -1.88. The molecule has 0 fully saturated rings. The number of nitrogens with zero attached hydrogens (tertiary/aromatic N) is 1. The van der Waals surface area contributed by atoms with E-state index in [9.17, 15) is 9.59 Å². The zero-order valence-corrected chi connectivity index (χ0v) is 13.2. The van der Waals surface area contributed by atoms with Crippen molar-refractivity contribution < 1.29 is 9.59 Å². The van der Waals surface area contributed by atoms with Crippen molar-refractivity contribution in [1.82, 2.24) is 10.2 Å². The number of nitrogens with one attached hydrogen (secondary N) is 1. The summed E-state index contributed by atoms with van der Waals surface area (Å²) in [6.07, 6.45) is 0. The summed E-state index contributed by atoms with van der Waals surface area (Å²) in [7, 11) is 1.78. The molecular formula is C16H25N3O2. The first-order chi connectivity index (χ1) is 9.85. The quantitative estimate of drug-likeness (QED) is 0.831. The van der Waals surface area contributed by atoms with Gasteiger partial charge in [-0.25, -0.2) is 0 Å².